The molecule has 0 aliphatic heterocycles. The van der Waals surface area contributed by atoms with Crippen molar-refractivity contribution < 1.29 is 9.59 Å². The Morgan fingerprint density at radius 1 is 1.00 bits per heavy atom. The summed E-state index contributed by atoms with van der Waals surface area (Å²) in [6, 6.07) is 0. The lowest BCUT2D eigenvalue weighted by Gasteiger charge is -2.56. The molecule has 4 fully saturated rings. The minimum Gasteiger partial charge on any atom is -0.299 e. The van der Waals surface area contributed by atoms with Gasteiger partial charge in [-0.3, -0.25) is 9.59 Å². The van der Waals surface area contributed by atoms with Gasteiger partial charge in [0, 0.05) is 17.8 Å². The molecule has 0 saturated heterocycles. The molecular formula is C20H26O2. The van der Waals surface area contributed by atoms with Crippen LogP contribution in [-0.4, -0.2) is 11.6 Å². The van der Waals surface area contributed by atoms with Crippen molar-refractivity contribution >= 4 is 11.6 Å². The molecule has 22 heavy (non-hydrogen) atoms. The lowest BCUT2D eigenvalue weighted by atomic mass is 9.47. The molecule has 2 bridgehead atoms. The van der Waals surface area contributed by atoms with Crippen LogP contribution in [0.4, 0.5) is 0 Å². The fraction of sp³-hybridized carbons (Fsp3) is 0.800. The topological polar surface area (TPSA) is 34.1 Å². The van der Waals surface area contributed by atoms with Gasteiger partial charge >= 0.3 is 0 Å². The second kappa shape index (κ2) is 4.13. The van der Waals surface area contributed by atoms with Crippen molar-refractivity contribution in [2.24, 2.45) is 34.5 Å². The van der Waals surface area contributed by atoms with Gasteiger partial charge < -0.3 is 0 Å². The number of ketones is 2. The first kappa shape index (κ1) is 13.5. The normalized spacial score (nSPS) is 52.9. The molecule has 0 amide bonds. The maximum absolute atomic E-state index is 12.4. The average Bonchev–Trinajstić information content (AvgIpc) is 3.02. The highest BCUT2D eigenvalue weighted by Crippen LogP contribution is 2.68. The predicted molar refractivity (Wildman–Crippen MR) is 84.2 cm³/mol. The number of carbonyl (C=O) groups excluding carboxylic acids is 2. The summed E-state index contributed by atoms with van der Waals surface area (Å²) < 4.78 is 0. The monoisotopic (exact) mass is 298 g/mol. The van der Waals surface area contributed by atoms with Crippen LogP contribution in [0.2, 0.25) is 0 Å². The van der Waals surface area contributed by atoms with Crippen LogP contribution in [-0.2, 0) is 9.59 Å². The molecule has 118 valence electrons. The SMILES string of the molecule is C[C@]12CC[C@H]3[C@@H](CCC4=CC(=O)[C@H]5CC[C@]43C5)[C@@H]1CCC2=O. The third-order valence-corrected chi connectivity index (χ3v) is 8.51. The van der Waals surface area contributed by atoms with E-state index < -0.39 is 0 Å². The smallest absolute Gasteiger partial charge is 0.158 e. The molecule has 0 unspecified atom stereocenters. The van der Waals surface area contributed by atoms with Crippen molar-refractivity contribution in [2.45, 2.75) is 64.7 Å². The highest BCUT2D eigenvalue weighted by atomic mass is 16.1. The number of rotatable bonds is 0. The van der Waals surface area contributed by atoms with Crippen LogP contribution in [0.5, 0.6) is 0 Å². The van der Waals surface area contributed by atoms with Crippen molar-refractivity contribution in [1.82, 2.24) is 0 Å². The van der Waals surface area contributed by atoms with Crippen molar-refractivity contribution in [3.05, 3.63) is 11.6 Å². The second-order valence-corrected chi connectivity index (χ2v) is 9.00. The van der Waals surface area contributed by atoms with Crippen LogP contribution >= 0.6 is 0 Å². The minimum absolute atomic E-state index is 0.0124. The molecular weight excluding hydrogens is 272 g/mol. The highest BCUT2D eigenvalue weighted by molar-refractivity contribution is 5.94. The van der Waals surface area contributed by atoms with Gasteiger partial charge in [-0.05, 0) is 80.6 Å². The molecule has 1 spiro atoms. The first-order chi connectivity index (χ1) is 10.5. The number of Topliss-reactive ketones (excluding diaryl/α,β-unsaturated/α-hetero) is 1. The Hall–Kier alpha value is -0.920. The van der Waals surface area contributed by atoms with Crippen LogP contribution in [0.1, 0.15) is 64.7 Å². The molecule has 4 saturated carbocycles. The van der Waals surface area contributed by atoms with Gasteiger partial charge in [0.15, 0.2) is 5.78 Å². The Kier molecular flexibility index (Phi) is 2.54. The highest BCUT2D eigenvalue weighted by Gasteiger charge is 2.62. The van der Waals surface area contributed by atoms with Crippen LogP contribution in [0.3, 0.4) is 0 Å². The van der Waals surface area contributed by atoms with Gasteiger partial charge in [0.2, 0.25) is 0 Å². The Labute approximate surface area is 132 Å². The Balaban J connectivity index is 1.56. The largest absolute Gasteiger partial charge is 0.299 e. The van der Waals surface area contributed by atoms with Crippen molar-refractivity contribution in [3.63, 3.8) is 0 Å². The lowest BCUT2D eigenvalue weighted by Crippen LogP contribution is -2.50. The molecule has 6 atom stereocenters. The summed E-state index contributed by atoms with van der Waals surface area (Å²) in [7, 11) is 0. The Bertz CT molecular complexity index is 603. The van der Waals surface area contributed by atoms with Crippen LogP contribution in [0, 0.1) is 34.5 Å². The van der Waals surface area contributed by atoms with Gasteiger partial charge in [-0.15, -0.1) is 0 Å². The maximum Gasteiger partial charge on any atom is 0.158 e. The summed E-state index contributed by atoms with van der Waals surface area (Å²) in [6.07, 6.45) is 12.2. The number of hydrogen-bond acceptors (Lipinski definition) is 2. The molecule has 0 aromatic carbocycles. The number of allylic oxidation sites excluding steroid dienone is 1. The molecule has 0 N–H and O–H groups in total. The van der Waals surface area contributed by atoms with E-state index in [1.54, 1.807) is 0 Å². The molecule has 5 rings (SSSR count). The minimum atomic E-state index is -0.0124. The Morgan fingerprint density at radius 3 is 2.73 bits per heavy atom. The molecule has 2 heteroatoms. The van der Waals surface area contributed by atoms with Crippen LogP contribution < -0.4 is 0 Å². The van der Waals surface area contributed by atoms with Gasteiger partial charge in [0.25, 0.3) is 0 Å². The van der Waals surface area contributed by atoms with Gasteiger partial charge in [-0.25, -0.2) is 0 Å². The van der Waals surface area contributed by atoms with E-state index in [1.807, 2.05) is 6.08 Å². The van der Waals surface area contributed by atoms with Crippen molar-refractivity contribution in [1.29, 1.82) is 0 Å². The van der Waals surface area contributed by atoms with Gasteiger partial charge in [0.05, 0.1) is 0 Å². The van der Waals surface area contributed by atoms with Crippen LogP contribution in [0.15, 0.2) is 11.6 Å². The summed E-state index contributed by atoms with van der Waals surface area (Å²) in [6.45, 7) is 2.26. The van der Waals surface area contributed by atoms with Gasteiger partial charge in [-0.1, -0.05) is 12.5 Å². The summed E-state index contributed by atoms with van der Waals surface area (Å²) in [5, 5.41) is 0. The van der Waals surface area contributed by atoms with E-state index in [9.17, 15) is 9.59 Å². The van der Waals surface area contributed by atoms with Gasteiger partial charge in [0.1, 0.15) is 5.78 Å². The molecule has 0 heterocycles. The maximum atomic E-state index is 12.4. The van der Waals surface area contributed by atoms with E-state index in [1.165, 1.54) is 24.8 Å². The molecule has 5 aliphatic carbocycles. The molecule has 0 aromatic rings. The third-order valence-electron chi connectivity index (χ3n) is 8.51. The molecule has 0 radical (unpaired) electrons. The summed E-state index contributed by atoms with van der Waals surface area (Å²) in [4.78, 5) is 24.7. The fourth-order valence-corrected chi connectivity index (χ4v) is 7.41. The first-order valence-electron chi connectivity index (χ1n) is 9.33. The first-order valence-corrected chi connectivity index (χ1v) is 9.33. The Morgan fingerprint density at radius 2 is 1.86 bits per heavy atom. The summed E-state index contributed by atoms with van der Waals surface area (Å²) in [5.41, 5.74) is 1.84. The summed E-state index contributed by atoms with van der Waals surface area (Å²) in [5.74, 6) is 3.41. The quantitative estimate of drug-likeness (QED) is 0.675. The standard InChI is InChI=1S/C20H26O2/c1-19-8-7-16-14(15(19)4-5-18(19)22)3-2-13-10-17(21)12-6-9-20(13,16)11-12/h10,12,14-16H,2-9,11H2,1H3/t12-,14-,15-,16-,19-,20-/m0/s1. The summed E-state index contributed by atoms with van der Waals surface area (Å²) >= 11 is 0. The van der Waals surface area contributed by atoms with E-state index in [0.717, 1.165) is 50.4 Å². The van der Waals surface area contributed by atoms with E-state index in [0.29, 0.717) is 28.8 Å². The van der Waals surface area contributed by atoms with E-state index in [4.69, 9.17) is 0 Å². The van der Waals surface area contributed by atoms with E-state index >= 15 is 0 Å². The number of carbonyl (C=O) groups is 2. The second-order valence-electron chi connectivity index (χ2n) is 9.00. The van der Waals surface area contributed by atoms with Crippen molar-refractivity contribution in [2.75, 3.05) is 0 Å². The predicted octanol–water partition coefficient (Wildman–Crippen LogP) is 4.09. The van der Waals surface area contributed by atoms with E-state index in [2.05, 4.69) is 6.92 Å². The molecule has 0 aromatic heterocycles. The number of fused-ring (bicyclic) bond motifs is 4. The third kappa shape index (κ3) is 1.43. The zero-order valence-corrected chi connectivity index (χ0v) is 13.6. The van der Waals surface area contributed by atoms with Crippen LogP contribution in [0.25, 0.3) is 0 Å². The molecule has 5 aliphatic rings. The average molecular weight is 298 g/mol. The number of hydrogen-bond donors (Lipinski definition) is 0. The lowest BCUT2D eigenvalue weighted by molar-refractivity contribution is -0.132. The zero-order chi connectivity index (χ0) is 15.1. The van der Waals surface area contributed by atoms with Crippen molar-refractivity contribution in [3.8, 4) is 0 Å². The zero-order valence-electron chi connectivity index (χ0n) is 13.6. The molecule has 2 nitrogen and oxygen atoms in total. The van der Waals surface area contributed by atoms with E-state index in [-0.39, 0.29) is 5.41 Å². The van der Waals surface area contributed by atoms with Gasteiger partial charge in [-0.2, -0.15) is 0 Å². The fourth-order valence-electron chi connectivity index (χ4n) is 7.41.